The molecule has 72 valence electrons. The van der Waals surface area contributed by atoms with Crippen LogP contribution in [0.25, 0.3) is 0 Å². The number of aromatic nitrogens is 2. The molecular formula is C8H11BrN2O2. The van der Waals surface area contributed by atoms with Crippen molar-refractivity contribution in [1.82, 2.24) is 8.16 Å². The lowest BCUT2D eigenvalue weighted by Gasteiger charge is -2.10. The molecule has 0 aliphatic rings. The maximum atomic E-state index is 11.5. The van der Waals surface area contributed by atoms with Gasteiger partial charge in [-0.15, -0.1) is 0 Å². The van der Waals surface area contributed by atoms with Crippen LogP contribution in [0, 0.1) is 6.92 Å². The van der Waals surface area contributed by atoms with Gasteiger partial charge in [0, 0.05) is 17.8 Å². The molecule has 0 bridgehead atoms. The molecule has 4 nitrogen and oxygen atoms in total. The summed E-state index contributed by atoms with van der Waals surface area (Å²) in [6.07, 6.45) is 0. The number of nitrogens with zero attached hydrogens (tertiary/aromatic N) is 2. The fourth-order valence-electron chi connectivity index (χ4n) is 1.12. The fraction of sp³-hybridized carbons (Fsp3) is 0.500. The summed E-state index contributed by atoms with van der Waals surface area (Å²) in [5.74, 6) is 0. The average molecular weight is 247 g/mol. The van der Waals surface area contributed by atoms with Gasteiger partial charge in [-0.25, -0.2) is 8.39 Å². The van der Waals surface area contributed by atoms with Gasteiger partial charge in [0.15, 0.2) is 0 Å². The Labute approximate surface area is 84.2 Å². The van der Waals surface area contributed by atoms with Gasteiger partial charge in [0.2, 0.25) is 0 Å². The highest BCUT2D eigenvalue weighted by Crippen LogP contribution is 1.98. The molecule has 0 aromatic carbocycles. The van der Waals surface area contributed by atoms with Crippen molar-refractivity contribution in [3.05, 3.63) is 32.6 Å². The van der Waals surface area contributed by atoms with Crippen molar-refractivity contribution in [3.8, 4) is 0 Å². The van der Waals surface area contributed by atoms with Gasteiger partial charge in [0.1, 0.15) is 0 Å². The second-order valence-electron chi connectivity index (χ2n) is 3.15. The first-order valence-corrected chi connectivity index (χ1v) is 4.67. The van der Waals surface area contributed by atoms with Gasteiger partial charge in [-0.3, -0.25) is 9.36 Å². The molecule has 0 amide bonds. The Morgan fingerprint density at radius 1 is 1.38 bits per heavy atom. The molecule has 0 atom stereocenters. The minimum Gasteiger partial charge on any atom is -0.269 e. The highest BCUT2D eigenvalue weighted by atomic mass is 79.9. The van der Waals surface area contributed by atoms with Crippen molar-refractivity contribution in [2.24, 2.45) is 0 Å². The monoisotopic (exact) mass is 246 g/mol. The van der Waals surface area contributed by atoms with Gasteiger partial charge in [0.25, 0.3) is 5.56 Å². The van der Waals surface area contributed by atoms with E-state index >= 15 is 0 Å². The van der Waals surface area contributed by atoms with Crippen LogP contribution in [0.3, 0.4) is 0 Å². The SMILES string of the molecule is Cc1cc(=O)n(C(C)C)c(=O)n1Br. The largest absolute Gasteiger partial charge is 0.341 e. The van der Waals surface area contributed by atoms with Crippen LogP contribution >= 0.6 is 16.1 Å². The van der Waals surface area contributed by atoms with Gasteiger partial charge in [-0.2, -0.15) is 0 Å². The molecule has 1 rings (SSSR count). The minimum atomic E-state index is -0.333. The molecule has 0 N–H and O–H groups in total. The van der Waals surface area contributed by atoms with Gasteiger partial charge in [-0.1, -0.05) is 0 Å². The van der Waals surface area contributed by atoms with E-state index in [9.17, 15) is 9.59 Å². The lowest BCUT2D eigenvalue weighted by molar-refractivity contribution is 0.540. The zero-order chi connectivity index (χ0) is 10.2. The zero-order valence-electron chi connectivity index (χ0n) is 7.74. The van der Waals surface area contributed by atoms with Crippen molar-refractivity contribution >= 4 is 16.1 Å². The summed E-state index contributed by atoms with van der Waals surface area (Å²) in [4.78, 5) is 22.9. The third-order valence-corrected chi connectivity index (χ3v) is 2.63. The first-order valence-electron chi connectivity index (χ1n) is 3.96. The summed E-state index contributed by atoms with van der Waals surface area (Å²) in [6.45, 7) is 5.29. The number of hydrogen-bond donors (Lipinski definition) is 0. The van der Waals surface area contributed by atoms with E-state index in [1.54, 1.807) is 20.8 Å². The van der Waals surface area contributed by atoms with Gasteiger partial charge in [0.05, 0.1) is 16.1 Å². The summed E-state index contributed by atoms with van der Waals surface area (Å²) in [5.41, 5.74) is 0.0140. The quantitative estimate of drug-likeness (QED) is 0.744. The second-order valence-corrected chi connectivity index (χ2v) is 3.86. The summed E-state index contributed by atoms with van der Waals surface area (Å²) in [6, 6.07) is 1.31. The molecule has 1 aromatic heterocycles. The van der Waals surface area contributed by atoms with E-state index < -0.39 is 0 Å². The Kier molecular flexibility index (Phi) is 2.75. The predicted molar refractivity (Wildman–Crippen MR) is 54.4 cm³/mol. The molecule has 0 aliphatic heterocycles. The maximum Gasteiger partial charge on any atom is 0.341 e. The van der Waals surface area contributed by atoms with Crippen LogP contribution in [-0.4, -0.2) is 8.16 Å². The van der Waals surface area contributed by atoms with Crippen LogP contribution in [0.1, 0.15) is 25.6 Å². The molecule has 13 heavy (non-hydrogen) atoms. The topological polar surface area (TPSA) is 44.0 Å². The Hall–Kier alpha value is -0.840. The standard InChI is InChI=1S/C8H11BrN2O2/c1-5(2)10-7(12)4-6(3)11(9)8(10)13/h4-5H,1-3H3. The molecule has 0 saturated carbocycles. The van der Waals surface area contributed by atoms with E-state index in [2.05, 4.69) is 16.1 Å². The van der Waals surface area contributed by atoms with Crippen molar-refractivity contribution in [2.75, 3.05) is 0 Å². The highest BCUT2D eigenvalue weighted by molar-refractivity contribution is 9.08. The average Bonchev–Trinajstić information content (AvgIpc) is 1.99. The van der Waals surface area contributed by atoms with E-state index in [-0.39, 0.29) is 17.3 Å². The van der Waals surface area contributed by atoms with Crippen LogP contribution in [0.15, 0.2) is 15.7 Å². The number of hydrogen-bond acceptors (Lipinski definition) is 2. The Morgan fingerprint density at radius 2 is 1.92 bits per heavy atom. The van der Waals surface area contributed by atoms with Crippen LogP contribution < -0.4 is 11.2 Å². The molecule has 0 fully saturated rings. The molecule has 1 aromatic rings. The summed E-state index contributed by atoms with van der Waals surface area (Å²) in [7, 11) is 0. The smallest absolute Gasteiger partial charge is 0.269 e. The normalized spacial score (nSPS) is 10.8. The fourth-order valence-corrected chi connectivity index (χ4v) is 1.39. The second kappa shape index (κ2) is 3.49. The summed E-state index contributed by atoms with van der Waals surface area (Å²) in [5, 5.41) is 0. The van der Waals surface area contributed by atoms with Crippen molar-refractivity contribution in [1.29, 1.82) is 0 Å². The highest BCUT2D eigenvalue weighted by Gasteiger charge is 2.08. The molecule has 5 heteroatoms. The van der Waals surface area contributed by atoms with Crippen molar-refractivity contribution in [2.45, 2.75) is 26.8 Å². The Bertz CT molecular complexity index is 431. The zero-order valence-corrected chi connectivity index (χ0v) is 9.33. The Balaban J connectivity index is 3.64. The summed E-state index contributed by atoms with van der Waals surface area (Å²) >= 11 is 3.08. The first kappa shape index (κ1) is 10.2. The molecule has 0 spiro atoms. The van der Waals surface area contributed by atoms with Crippen LogP contribution in [-0.2, 0) is 0 Å². The summed E-state index contributed by atoms with van der Waals surface area (Å²) < 4.78 is 2.48. The van der Waals surface area contributed by atoms with Crippen LogP contribution in [0.4, 0.5) is 0 Å². The number of aryl methyl sites for hydroxylation is 1. The minimum absolute atomic E-state index is 0.121. The van der Waals surface area contributed by atoms with E-state index in [1.807, 2.05) is 0 Å². The third-order valence-electron chi connectivity index (χ3n) is 1.77. The molecule has 0 saturated heterocycles. The predicted octanol–water partition coefficient (Wildman–Crippen LogP) is 1.06. The lowest BCUT2D eigenvalue weighted by atomic mass is 10.3. The molecule has 0 radical (unpaired) electrons. The van der Waals surface area contributed by atoms with Crippen LogP contribution in [0.5, 0.6) is 0 Å². The third kappa shape index (κ3) is 1.75. The van der Waals surface area contributed by atoms with Crippen LogP contribution in [0.2, 0.25) is 0 Å². The van der Waals surface area contributed by atoms with E-state index in [4.69, 9.17) is 0 Å². The van der Waals surface area contributed by atoms with E-state index in [0.29, 0.717) is 5.69 Å². The van der Waals surface area contributed by atoms with E-state index in [0.717, 1.165) is 0 Å². The number of halogens is 1. The van der Waals surface area contributed by atoms with Gasteiger partial charge < -0.3 is 0 Å². The lowest BCUT2D eigenvalue weighted by Crippen LogP contribution is -2.38. The number of rotatable bonds is 1. The molecule has 0 unspecified atom stereocenters. The first-order chi connectivity index (χ1) is 5.95. The van der Waals surface area contributed by atoms with Gasteiger partial charge >= 0.3 is 5.69 Å². The maximum absolute atomic E-state index is 11.5. The Morgan fingerprint density at radius 3 is 2.38 bits per heavy atom. The van der Waals surface area contributed by atoms with Gasteiger partial charge in [-0.05, 0) is 20.8 Å². The molecular weight excluding hydrogens is 236 g/mol. The molecule has 0 aliphatic carbocycles. The van der Waals surface area contributed by atoms with Crippen molar-refractivity contribution in [3.63, 3.8) is 0 Å². The van der Waals surface area contributed by atoms with Crippen molar-refractivity contribution < 1.29 is 0 Å². The molecule has 1 heterocycles. The van der Waals surface area contributed by atoms with E-state index in [1.165, 1.54) is 14.2 Å².